The Morgan fingerprint density at radius 3 is 2.26 bits per heavy atom. The summed E-state index contributed by atoms with van der Waals surface area (Å²) in [5, 5.41) is 0. The van der Waals surface area contributed by atoms with Crippen molar-refractivity contribution in [2.45, 2.75) is 119 Å². The number of carbonyl (C=O) groups is 2. The Morgan fingerprint density at radius 2 is 1.60 bits per heavy atom. The van der Waals surface area contributed by atoms with Crippen LogP contribution in [-0.2, 0) is 19.1 Å². The molecule has 194 valence electrons. The molecule has 2 saturated carbocycles. The van der Waals surface area contributed by atoms with Gasteiger partial charge in [-0.3, -0.25) is 9.59 Å². The number of hydrogen-bond acceptors (Lipinski definition) is 4. The second kappa shape index (κ2) is 7.03. The van der Waals surface area contributed by atoms with Crippen molar-refractivity contribution in [3.63, 3.8) is 0 Å². The summed E-state index contributed by atoms with van der Waals surface area (Å²) in [4.78, 5) is 25.8. The predicted octanol–water partition coefficient (Wildman–Crippen LogP) is 6.87. The van der Waals surface area contributed by atoms with Crippen LogP contribution in [0.2, 0.25) is 0 Å². The number of rotatable bonds is 0. The molecule has 0 N–H and O–H groups in total. The molecule has 2 heterocycles. The third-order valence-corrected chi connectivity index (χ3v) is 13.3. The molecule has 4 nitrogen and oxygen atoms in total. The molecule has 10 atom stereocenters. The van der Waals surface area contributed by atoms with Crippen molar-refractivity contribution >= 4 is 11.8 Å². The minimum absolute atomic E-state index is 0.0376. The molecule has 0 aromatic heterocycles. The molecule has 0 aromatic carbocycles. The van der Waals surface area contributed by atoms with Crippen LogP contribution in [0.1, 0.15) is 107 Å². The van der Waals surface area contributed by atoms with E-state index in [0.29, 0.717) is 30.0 Å². The van der Waals surface area contributed by atoms with Crippen molar-refractivity contribution in [1.82, 2.24) is 0 Å². The highest BCUT2D eigenvalue weighted by Crippen LogP contribution is 2.74. The van der Waals surface area contributed by atoms with Crippen LogP contribution in [0.4, 0.5) is 0 Å². The third-order valence-electron chi connectivity index (χ3n) is 13.3. The minimum atomic E-state index is -0.802. The largest absolute Gasteiger partial charge is 0.432 e. The van der Waals surface area contributed by atoms with Gasteiger partial charge in [0.1, 0.15) is 5.78 Å². The third kappa shape index (κ3) is 2.69. The fourth-order valence-corrected chi connectivity index (χ4v) is 10.8. The van der Waals surface area contributed by atoms with E-state index >= 15 is 0 Å². The van der Waals surface area contributed by atoms with Crippen LogP contribution in [0.3, 0.4) is 0 Å². The number of fused-ring (bicyclic) bond motifs is 3. The van der Waals surface area contributed by atoms with Gasteiger partial charge >= 0.3 is 5.97 Å². The lowest BCUT2D eigenvalue weighted by Crippen LogP contribution is -2.58. The molecule has 4 fully saturated rings. The van der Waals surface area contributed by atoms with Gasteiger partial charge in [-0.15, -0.1) is 0 Å². The normalized spacial score (nSPS) is 54.7. The van der Waals surface area contributed by atoms with E-state index in [9.17, 15) is 9.59 Å². The first-order chi connectivity index (χ1) is 16.2. The molecule has 6 rings (SSSR count). The second-order valence-corrected chi connectivity index (χ2v) is 14.7. The topological polar surface area (TPSA) is 52.6 Å². The van der Waals surface area contributed by atoms with Gasteiger partial charge in [-0.1, -0.05) is 66.5 Å². The second-order valence-electron chi connectivity index (χ2n) is 14.7. The number of carbonyl (C=O) groups excluding carboxylic acids is 2. The maximum absolute atomic E-state index is 13.0. The van der Waals surface area contributed by atoms with Crippen LogP contribution in [0.25, 0.3) is 0 Å². The van der Waals surface area contributed by atoms with Crippen LogP contribution in [0, 0.1) is 51.2 Å². The summed E-state index contributed by atoms with van der Waals surface area (Å²) >= 11 is 0. The molecular weight excluding hydrogens is 436 g/mol. The minimum Gasteiger partial charge on any atom is -0.432 e. The highest BCUT2D eigenvalue weighted by Gasteiger charge is 2.70. The van der Waals surface area contributed by atoms with Gasteiger partial charge in [-0.25, -0.2) is 0 Å². The average molecular weight is 483 g/mol. The monoisotopic (exact) mass is 482 g/mol. The quantitative estimate of drug-likeness (QED) is 0.279. The van der Waals surface area contributed by atoms with Gasteiger partial charge in [0.2, 0.25) is 5.79 Å². The van der Waals surface area contributed by atoms with Crippen LogP contribution < -0.4 is 0 Å². The molecule has 0 aromatic rings. The number of ether oxygens (including phenoxy) is 2. The van der Waals surface area contributed by atoms with Gasteiger partial charge < -0.3 is 9.47 Å². The van der Waals surface area contributed by atoms with Crippen molar-refractivity contribution in [3.8, 4) is 0 Å². The van der Waals surface area contributed by atoms with Crippen molar-refractivity contribution in [3.05, 3.63) is 11.1 Å². The summed E-state index contributed by atoms with van der Waals surface area (Å²) in [6.45, 7) is 18.5. The van der Waals surface area contributed by atoms with E-state index in [0.717, 1.165) is 32.1 Å². The number of allylic oxidation sites excluding steroid dienone is 1. The predicted molar refractivity (Wildman–Crippen MR) is 135 cm³/mol. The zero-order valence-corrected chi connectivity index (χ0v) is 23.3. The molecule has 4 heteroatoms. The molecular formula is C31H46O4. The summed E-state index contributed by atoms with van der Waals surface area (Å²) in [5.74, 6) is 0.886. The van der Waals surface area contributed by atoms with Crippen LogP contribution in [0.5, 0.6) is 0 Å². The first-order valence-corrected chi connectivity index (χ1v) is 14.4. The van der Waals surface area contributed by atoms with E-state index in [1.165, 1.54) is 12.8 Å². The SMILES string of the molecule is C[C@@H]1C[C@@]2(OC(=O)[C@@H](C)[C@@H]2C)O[C@@H]2CC3=C(CC[C@H]4C(C)(C)C(=O)CC[C@]34C)[C@]3(C)CC[C@H]1[C@@]23C. The number of Topliss-reactive ketones (excluding diaryl/α,β-unsaturated/α-hetero) is 1. The summed E-state index contributed by atoms with van der Waals surface area (Å²) in [6, 6.07) is 0. The molecule has 4 aliphatic carbocycles. The molecule has 0 amide bonds. The van der Waals surface area contributed by atoms with Gasteiger partial charge in [0, 0.05) is 29.6 Å². The van der Waals surface area contributed by atoms with Gasteiger partial charge in [0.25, 0.3) is 0 Å². The Balaban J connectivity index is 1.50. The lowest BCUT2D eigenvalue weighted by molar-refractivity contribution is -0.269. The zero-order valence-electron chi connectivity index (χ0n) is 23.3. The van der Waals surface area contributed by atoms with E-state index in [4.69, 9.17) is 9.47 Å². The Morgan fingerprint density at radius 1 is 0.886 bits per heavy atom. The van der Waals surface area contributed by atoms with E-state index in [-0.39, 0.29) is 45.6 Å². The molecule has 2 aliphatic heterocycles. The number of ketones is 1. The number of esters is 1. The lowest BCUT2D eigenvalue weighted by Gasteiger charge is -2.62. The summed E-state index contributed by atoms with van der Waals surface area (Å²) in [7, 11) is 0. The molecule has 35 heavy (non-hydrogen) atoms. The highest BCUT2D eigenvalue weighted by molar-refractivity contribution is 5.85. The van der Waals surface area contributed by atoms with E-state index in [2.05, 4.69) is 48.5 Å². The highest BCUT2D eigenvalue weighted by atomic mass is 16.7. The van der Waals surface area contributed by atoms with Gasteiger partial charge in [0.15, 0.2) is 0 Å². The van der Waals surface area contributed by atoms with Crippen molar-refractivity contribution in [1.29, 1.82) is 0 Å². The van der Waals surface area contributed by atoms with E-state index in [1.54, 1.807) is 11.1 Å². The fraction of sp³-hybridized carbons (Fsp3) is 0.871. The van der Waals surface area contributed by atoms with Crippen molar-refractivity contribution in [2.75, 3.05) is 0 Å². The first kappa shape index (κ1) is 24.2. The van der Waals surface area contributed by atoms with Crippen molar-refractivity contribution in [2.24, 2.45) is 51.2 Å². The summed E-state index contributed by atoms with van der Waals surface area (Å²) in [5.41, 5.74) is 3.24. The molecule has 1 spiro atoms. The van der Waals surface area contributed by atoms with Crippen molar-refractivity contribution < 1.29 is 19.1 Å². The standard InChI is InChI=1S/C31H46O4/c1-17-16-31(19(3)18(2)26(33)35-31)34-25-15-22-21(29(7)14-11-20(17)30(25,29)8)9-10-23-27(4,5)24(32)12-13-28(22,23)6/h17-20,23,25H,9-16H2,1-8H3/t17-,18+,19+,20-,23+,25-,28-,29+,30+,31+/m1/s1. The Labute approximate surface area is 212 Å². The smallest absolute Gasteiger partial charge is 0.311 e. The van der Waals surface area contributed by atoms with Crippen LogP contribution >= 0.6 is 0 Å². The molecule has 2 saturated heterocycles. The number of hydrogen-bond donors (Lipinski definition) is 0. The van der Waals surface area contributed by atoms with Gasteiger partial charge in [-0.2, -0.15) is 0 Å². The molecule has 0 bridgehead atoms. The Kier molecular flexibility index (Phi) is 4.86. The van der Waals surface area contributed by atoms with Gasteiger partial charge in [-0.05, 0) is 67.1 Å². The fourth-order valence-electron chi connectivity index (χ4n) is 10.8. The Hall–Kier alpha value is -1.16. The zero-order chi connectivity index (χ0) is 25.3. The van der Waals surface area contributed by atoms with E-state index < -0.39 is 5.79 Å². The van der Waals surface area contributed by atoms with Gasteiger partial charge in [0.05, 0.1) is 12.0 Å². The summed E-state index contributed by atoms with van der Waals surface area (Å²) in [6.07, 6.45) is 8.13. The summed E-state index contributed by atoms with van der Waals surface area (Å²) < 4.78 is 13.4. The average Bonchev–Trinajstić information content (AvgIpc) is 3.14. The lowest BCUT2D eigenvalue weighted by atomic mass is 9.43. The maximum atomic E-state index is 13.0. The van der Waals surface area contributed by atoms with Crippen LogP contribution in [-0.4, -0.2) is 23.6 Å². The maximum Gasteiger partial charge on any atom is 0.311 e. The Bertz CT molecular complexity index is 1030. The molecule has 6 aliphatic rings. The van der Waals surface area contributed by atoms with Crippen LogP contribution in [0.15, 0.2) is 11.1 Å². The molecule has 0 unspecified atom stereocenters. The molecule has 0 radical (unpaired) electrons. The first-order valence-electron chi connectivity index (χ1n) is 14.4. The van der Waals surface area contributed by atoms with E-state index in [1.807, 2.05) is 6.92 Å².